The van der Waals surface area contributed by atoms with Gasteiger partial charge in [-0.05, 0) is 12.8 Å². The molecule has 0 bridgehead atoms. The van der Waals surface area contributed by atoms with Gasteiger partial charge in [-0.15, -0.1) is 11.6 Å². The molecule has 2 rings (SSSR count). The van der Waals surface area contributed by atoms with Gasteiger partial charge >= 0.3 is 0 Å². The van der Waals surface area contributed by atoms with Crippen molar-refractivity contribution in [3.05, 3.63) is 18.2 Å². The average molecular weight is 201 g/mol. The molecule has 1 aromatic heterocycles. The molecule has 4 heteroatoms. The first-order valence-corrected chi connectivity index (χ1v) is 5.09. The number of rotatable bonds is 2. The number of hydrogen-bond donors (Lipinski definition) is 0. The number of aromatic nitrogens is 2. The van der Waals surface area contributed by atoms with Crippen molar-refractivity contribution in [2.24, 2.45) is 0 Å². The van der Waals surface area contributed by atoms with Crippen LogP contribution in [0.4, 0.5) is 0 Å². The number of alkyl halides is 1. The van der Waals surface area contributed by atoms with Crippen LogP contribution in [-0.4, -0.2) is 22.8 Å². The first-order chi connectivity index (χ1) is 6.42. The molecule has 0 amide bonds. The summed E-state index contributed by atoms with van der Waals surface area (Å²) >= 11 is 5.79. The van der Waals surface area contributed by atoms with Gasteiger partial charge in [0.15, 0.2) is 0 Å². The van der Waals surface area contributed by atoms with Crippen molar-refractivity contribution in [3.63, 3.8) is 0 Å². The van der Waals surface area contributed by atoms with E-state index in [0.29, 0.717) is 11.9 Å². The minimum Gasteiger partial charge on any atom is -0.379 e. The Kier molecular flexibility index (Phi) is 2.86. The lowest BCUT2D eigenvalue weighted by atomic mass is 10.1. The molecular formula is C9H13ClN2O. The summed E-state index contributed by atoms with van der Waals surface area (Å²) in [6.45, 7) is 1.68. The van der Waals surface area contributed by atoms with Crippen LogP contribution in [0.2, 0.25) is 0 Å². The largest absolute Gasteiger partial charge is 0.379 e. The van der Waals surface area contributed by atoms with Gasteiger partial charge in [0.2, 0.25) is 0 Å². The van der Waals surface area contributed by atoms with Gasteiger partial charge in [0.1, 0.15) is 0 Å². The van der Waals surface area contributed by atoms with Crippen LogP contribution < -0.4 is 0 Å². The predicted molar refractivity (Wildman–Crippen MR) is 50.9 cm³/mol. The lowest BCUT2D eigenvalue weighted by molar-refractivity contribution is 0.0584. The number of nitrogens with zero attached hydrogens (tertiary/aromatic N) is 2. The van der Waals surface area contributed by atoms with Crippen LogP contribution in [0.15, 0.2) is 12.5 Å². The third-order valence-corrected chi connectivity index (χ3v) is 2.69. The lowest BCUT2D eigenvalue weighted by Crippen LogP contribution is -2.21. The van der Waals surface area contributed by atoms with Crippen LogP contribution in [-0.2, 0) is 10.6 Å². The van der Waals surface area contributed by atoms with E-state index in [2.05, 4.69) is 9.55 Å². The molecule has 1 saturated heterocycles. The Balaban J connectivity index is 2.13. The minimum atomic E-state index is 0.435. The summed E-state index contributed by atoms with van der Waals surface area (Å²) < 4.78 is 7.54. The molecule has 0 aromatic carbocycles. The van der Waals surface area contributed by atoms with Gasteiger partial charge in [-0.3, -0.25) is 0 Å². The second-order valence-electron chi connectivity index (χ2n) is 3.30. The van der Waals surface area contributed by atoms with E-state index in [4.69, 9.17) is 16.3 Å². The van der Waals surface area contributed by atoms with E-state index in [1.165, 1.54) is 6.42 Å². The number of imidazole rings is 1. The van der Waals surface area contributed by atoms with Crippen LogP contribution in [0.1, 0.15) is 24.6 Å². The molecule has 1 unspecified atom stereocenters. The van der Waals surface area contributed by atoms with Crippen molar-refractivity contribution >= 4 is 11.6 Å². The van der Waals surface area contributed by atoms with Gasteiger partial charge < -0.3 is 9.30 Å². The second kappa shape index (κ2) is 4.11. The van der Waals surface area contributed by atoms with Crippen molar-refractivity contribution in [1.29, 1.82) is 0 Å². The lowest BCUT2D eigenvalue weighted by Gasteiger charge is -2.24. The molecule has 1 aliphatic rings. The quantitative estimate of drug-likeness (QED) is 0.683. The highest BCUT2D eigenvalue weighted by Crippen LogP contribution is 2.21. The molecule has 1 aromatic rings. The maximum Gasteiger partial charge on any atom is 0.0951 e. The third-order valence-electron chi connectivity index (χ3n) is 2.41. The molecule has 0 spiro atoms. The number of ether oxygens (including phenoxy) is 1. The summed E-state index contributed by atoms with van der Waals surface area (Å²) in [4.78, 5) is 4.09. The highest BCUT2D eigenvalue weighted by Gasteiger charge is 2.17. The van der Waals surface area contributed by atoms with Crippen LogP contribution in [0.3, 0.4) is 0 Å². The summed E-state index contributed by atoms with van der Waals surface area (Å²) in [6, 6.07) is 0.435. The average Bonchev–Trinajstić information content (AvgIpc) is 2.67. The Bertz CT molecular complexity index is 268. The topological polar surface area (TPSA) is 27.1 Å². The molecule has 3 nitrogen and oxygen atoms in total. The standard InChI is InChI=1S/C9H13ClN2O/c10-4-9-5-11-7-12(9)8-2-1-3-13-6-8/h5,7-8H,1-4,6H2. The zero-order chi connectivity index (χ0) is 9.10. The maximum atomic E-state index is 5.79. The van der Waals surface area contributed by atoms with Crippen molar-refractivity contribution in [2.75, 3.05) is 13.2 Å². The monoisotopic (exact) mass is 200 g/mol. The molecule has 0 radical (unpaired) electrons. The Morgan fingerprint density at radius 1 is 1.69 bits per heavy atom. The molecule has 1 atom stereocenters. The molecule has 2 heterocycles. The van der Waals surface area contributed by atoms with Crippen molar-refractivity contribution in [1.82, 2.24) is 9.55 Å². The first kappa shape index (κ1) is 9.03. The normalized spacial score (nSPS) is 23.3. The van der Waals surface area contributed by atoms with Gasteiger partial charge in [-0.2, -0.15) is 0 Å². The van der Waals surface area contributed by atoms with Gasteiger partial charge in [0.05, 0.1) is 30.5 Å². The van der Waals surface area contributed by atoms with Crippen molar-refractivity contribution < 1.29 is 4.74 Å². The van der Waals surface area contributed by atoms with Gasteiger partial charge in [-0.1, -0.05) is 0 Å². The fourth-order valence-corrected chi connectivity index (χ4v) is 1.91. The fourth-order valence-electron chi connectivity index (χ4n) is 1.71. The van der Waals surface area contributed by atoms with Crippen LogP contribution in [0.5, 0.6) is 0 Å². The SMILES string of the molecule is ClCc1cncn1C1CCCOC1. The van der Waals surface area contributed by atoms with E-state index in [1.807, 2.05) is 12.5 Å². The molecule has 1 fully saturated rings. The van der Waals surface area contributed by atoms with Gasteiger partial charge in [0, 0.05) is 12.8 Å². The number of halogens is 1. The summed E-state index contributed by atoms with van der Waals surface area (Å²) in [5.74, 6) is 0.524. The van der Waals surface area contributed by atoms with Gasteiger partial charge in [0.25, 0.3) is 0 Å². The van der Waals surface area contributed by atoms with Crippen LogP contribution in [0.25, 0.3) is 0 Å². The Hall–Kier alpha value is -0.540. The summed E-state index contributed by atoms with van der Waals surface area (Å²) in [5.41, 5.74) is 1.08. The van der Waals surface area contributed by atoms with E-state index >= 15 is 0 Å². The molecular weight excluding hydrogens is 188 g/mol. The molecule has 72 valence electrons. The van der Waals surface area contributed by atoms with E-state index in [9.17, 15) is 0 Å². The fraction of sp³-hybridized carbons (Fsp3) is 0.667. The zero-order valence-electron chi connectivity index (χ0n) is 7.45. The van der Waals surface area contributed by atoms with Gasteiger partial charge in [-0.25, -0.2) is 4.98 Å². The van der Waals surface area contributed by atoms with E-state index < -0.39 is 0 Å². The van der Waals surface area contributed by atoms with E-state index in [-0.39, 0.29) is 0 Å². The van der Waals surface area contributed by atoms with E-state index in [0.717, 1.165) is 25.3 Å². The van der Waals surface area contributed by atoms with Crippen molar-refractivity contribution in [2.45, 2.75) is 24.8 Å². The molecule has 0 N–H and O–H groups in total. The summed E-state index contributed by atoms with van der Waals surface area (Å²) in [5, 5.41) is 0. The first-order valence-electron chi connectivity index (χ1n) is 4.56. The Morgan fingerprint density at radius 3 is 3.31 bits per heavy atom. The van der Waals surface area contributed by atoms with Crippen LogP contribution in [0, 0.1) is 0 Å². The minimum absolute atomic E-state index is 0.435. The highest BCUT2D eigenvalue weighted by atomic mass is 35.5. The third kappa shape index (κ3) is 1.86. The van der Waals surface area contributed by atoms with E-state index in [1.54, 1.807) is 0 Å². The highest BCUT2D eigenvalue weighted by molar-refractivity contribution is 6.16. The number of hydrogen-bond acceptors (Lipinski definition) is 2. The smallest absolute Gasteiger partial charge is 0.0951 e. The van der Waals surface area contributed by atoms with Crippen molar-refractivity contribution in [3.8, 4) is 0 Å². The molecule has 0 saturated carbocycles. The molecule has 1 aliphatic heterocycles. The maximum absolute atomic E-state index is 5.79. The summed E-state index contributed by atoms with van der Waals surface area (Å²) in [6.07, 6.45) is 5.96. The molecule has 13 heavy (non-hydrogen) atoms. The predicted octanol–water partition coefficient (Wildman–Crippen LogP) is 1.97. The Labute approximate surface area is 82.7 Å². The summed E-state index contributed by atoms with van der Waals surface area (Å²) in [7, 11) is 0. The second-order valence-corrected chi connectivity index (χ2v) is 3.56. The zero-order valence-corrected chi connectivity index (χ0v) is 8.20. The Morgan fingerprint density at radius 2 is 2.62 bits per heavy atom. The van der Waals surface area contributed by atoms with Crippen LogP contribution >= 0.6 is 11.6 Å². The molecule has 0 aliphatic carbocycles.